The first-order valence-corrected chi connectivity index (χ1v) is 9.42. The Kier molecular flexibility index (Phi) is 5.84. The van der Waals surface area contributed by atoms with Crippen molar-refractivity contribution in [2.75, 3.05) is 26.7 Å². The summed E-state index contributed by atoms with van der Waals surface area (Å²) < 4.78 is 32.8. The highest BCUT2D eigenvalue weighted by Crippen LogP contribution is 2.27. The Hall–Kier alpha value is -0.410. The van der Waals surface area contributed by atoms with Crippen molar-refractivity contribution in [2.45, 2.75) is 37.2 Å². The van der Waals surface area contributed by atoms with Gasteiger partial charge in [-0.05, 0) is 42.4 Å². The molecular formula is C13H22BrN3O3S. The summed E-state index contributed by atoms with van der Waals surface area (Å²) in [6.45, 7) is 4.68. The van der Waals surface area contributed by atoms with Crippen molar-refractivity contribution in [2.24, 2.45) is 0 Å². The molecule has 1 fully saturated rings. The molecule has 0 aromatic carbocycles. The summed E-state index contributed by atoms with van der Waals surface area (Å²) in [7, 11) is -1.76. The van der Waals surface area contributed by atoms with Crippen LogP contribution in [0.25, 0.3) is 0 Å². The Morgan fingerprint density at radius 2 is 2.19 bits per heavy atom. The zero-order chi connectivity index (χ0) is 15.5. The second kappa shape index (κ2) is 7.23. The van der Waals surface area contributed by atoms with Crippen LogP contribution in [0.4, 0.5) is 0 Å². The van der Waals surface area contributed by atoms with Crippen LogP contribution < -0.4 is 10.0 Å². The topological polar surface area (TPSA) is 74.6 Å². The van der Waals surface area contributed by atoms with Crippen molar-refractivity contribution in [1.82, 2.24) is 14.9 Å². The van der Waals surface area contributed by atoms with Gasteiger partial charge >= 0.3 is 0 Å². The molecule has 1 aromatic rings. The molecule has 1 aliphatic rings. The van der Waals surface area contributed by atoms with Gasteiger partial charge in [0.25, 0.3) is 0 Å². The molecule has 120 valence electrons. The van der Waals surface area contributed by atoms with E-state index < -0.39 is 10.0 Å². The third-order valence-corrected chi connectivity index (χ3v) is 5.83. The average Bonchev–Trinajstić information content (AvgIpc) is 3.19. The Morgan fingerprint density at radius 3 is 2.76 bits per heavy atom. The van der Waals surface area contributed by atoms with Gasteiger partial charge in [-0.25, -0.2) is 13.1 Å². The number of halogens is 1. The number of sulfonamides is 1. The fraction of sp³-hybridized carbons (Fsp3) is 0.692. The molecule has 0 bridgehead atoms. The van der Waals surface area contributed by atoms with Crippen LogP contribution in [0.1, 0.15) is 25.5 Å². The molecule has 2 N–H and O–H groups in total. The van der Waals surface area contributed by atoms with Crippen LogP contribution >= 0.6 is 15.9 Å². The molecule has 0 spiro atoms. The third kappa shape index (κ3) is 4.53. The highest BCUT2D eigenvalue weighted by molar-refractivity contribution is 9.10. The van der Waals surface area contributed by atoms with Crippen molar-refractivity contribution in [3.63, 3.8) is 0 Å². The van der Waals surface area contributed by atoms with E-state index in [1.54, 1.807) is 13.1 Å². The van der Waals surface area contributed by atoms with Crippen LogP contribution in [0.5, 0.6) is 0 Å². The first-order valence-electron chi connectivity index (χ1n) is 7.14. The molecule has 0 saturated heterocycles. The predicted octanol–water partition coefficient (Wildman–Crippen LogP) is 1.52. The number of furan rings is 1. The zero-order valence-electron chi connectivity index (χ0n) is 12.4. The SMILES string of the molecule is CCN(CCNS(=O)(=O)c1cc(CNC)oc1Br)C1CC1. The van der Waals surface area contributed by atoms with Crippen molar-refractivity contribution in [3.8, 4) is 0 Å². The van der Waals surface area contributed by atoms with E-state index in [-0.39, 0.29) is 9.56 Å². The number of hydrogen-bond acceptors (Lipinski definition) is 5. The number of nitrogens with one attached hydrogen (secondary N) is 2. The van der Waals surface area contributed by atoms with Gasteiger partial charge in [0.1, 0.15) is 10.7 Å². The van der Waals surface area contributed by atoms with Gasteiger partial charge in [-0.2, -0.15) is 0 Å². The van der Waals surface area contributed by atoms with Crippen molar-refractivity contribution >= 4 is 26.0 Å². The minimum Gasteiger partial charge on any atom is -0.452 e. The lowest BCUT2D eigenvalue weighted by atomic mass is 10.4. The van der Waals surface area contributed by atoms with Crippen molar-refractivity contribution < 1.29 is 12.8 Å². The molecule has 2 rings (SSSR count). The third-order valence-electron chi connectivity index (χ3n) is 3.51. The molecule has 8 heteroatoms. The van der Waals surface area contributed by atoms with Crippen LogP contribution in [0.15, 0.2) is 20.0 Å². The van der Waals surface area contributed by atoms with Crippen molar-refractivity contribution in [3.05, 3.63) is 16.5 Å². The number of hydrogen-bond donors (Lipinski definition) is 2. The lowest BCUT2D eigenvalue weighted by molar-refractivity contribution is 0.282. The minimum atomic E-state index is -3.54. The molecule has 0 radical (unpaired) electrons. The first-order chi connectivity index (χ1) is 9.97. The van der Waals surface area contributed by atoms with E-state index in [9.17, 15) is 8.42 Å². The van der Waals surface area contributed by atoms with E-state index in [1.807, 2.05) is 0 Å². The summed E-state index contributed by atoms with van der Waals surface area (Å²) >= 11 is 3.17. The minimum absolute atomic E-state index is 0.155. The summed E-state index contributed by atoms with van der Waals surface area (Å²) in [5.74, 6) is 0.581. The molecule has 1 heterocycles. The summed E-state index contributed by atoms with van der Waals surface area (Å²) in [4.78, 5) is 2.46. The maximum Gasteiger partial charge on any atom is 0.245 e. The van der Waals surface area contributed by atoms with Gasteiger partial charge in [-0.3, -0.25) is 4.90 Å². The normalized spacial score (nSPS) is 15.8. The van der Waals surface area contributed by atoms with Crippen LogP contribution in [-0.2, 0) is 16.6 Å². The van der Waals surface area contributed by atoms with Gasteiger partial charge < -0.3 is 9.73 Å². The lowest BCUT2D eigenvalue weighted by Crippen LogP contribution is -2.36. The van der Waals surface area contributed by atoms with Crippen LogP contribution in [-0.4, -0.2) is 46.0 Å². The van der Waals surface area contributed by atoms with Crippen molar-refractivity contribution in [1.29, 1.82) is 0 Å². The predicted molar refractivity (Wildman–Crippen MR) is 84.6 cm³/mol. The highest BCUT2D eigenvalue weighted by Gasteiger charge is 2.28. The van der Waals surface area contributed by atoms with Gasteiger partial charge in [0, 0.05) is 25.2 Å². The zero-order valence-corrected chi connectivity index (χ0v) is 14.8. The molecule has 0 atom stereocenters. The Morgan fingerprint density at radius 1 is 1.48 bits per heavy atom. The largest absolute Gasteiger partial charge is 0.452 e. The molecule has 0 unspecified atom stereocenters. The average molecular weight is 380 g/mol. The number of likely N-dealkylation sites (N-methyl/N-ethyl adjacent to an activating group) is 1. The van der Waals surface area contributed by atoms with Crippen LogP contribution in [0.2, 0.25) is 0 Å². The molecule has 6 nitrogen and oxygen atoms in total. The highest BCUT2D eigenvalue weighted by atomic mass is 79.9. The first kappa shape index (κ1) is 17.0. The van der Waals surface area contributed by atoms with E-state index >= 15 is 0 Å². The molecule has 1 aromatic heterocycles. The van der Waals surface area contributed by atoms with E-state index in [4.69, 9.17) is 4.42 Å². The fourth-order valence-electron chi connectivity index (χ4n) is 2.28. The van der Waals surface area contributed by atoms with Crippen LogP contribution in [0.3, 0.4) is 0 Å². The van der Waals surface area contributed by atoms with Gasteiger partial charge in [-0.15, -0.1) is 0 Å². The number of rotatable bonds is 9. The molecule has 1 aliphatic carbocycles. The second-order valence-corrected chi connectivity index (χ2v) is 7.59. The van der Waals surface area contributed by atoms with Crippen LogP contribution in [0, 0.1) is 0 Å². The molecule has 1 saturated carbocycles. The standard InChI is InChI=1S/C13H22BrN3O3S/c1-3-17(10-4-5-10)7-6-16-21(18,19)12-8-11(9-15-2)20-13(12)14/h8,10,15-16H,3-7,9H2,1-2H3. The van der Waals surface area contributed by atoms with Gasteiger partial charge in [0.05, 0.1) is 6.54 Å². The smallest absolute Gasteiger partial charge is 0.245 e. The Labute approximate surface area is 134 Å². The Bertz CT molecular complexity index is 569. The quantitative estimate of drug-likeness (QED) is 0.680. The van der Waals surface area contributed by atoms with E-state index in [0.717, 1.165) is 13.1 Å². The summed E-state index contributed by atoms with van der Waals surface area (Å²) in [6.07, 6.45) is 2.45. The molecule has 0 aliphatic heterocycles. The monoisotopic (exact) mass is 379 g/mol. The summed E-state index contributed by atoms with van der Waals surface area (Å²) in [5, 5.41) is 2.92. The van der Waals surface area contributed by atoms with Gasteiger partial charge in [0.15, 0.2) is 4.67 Å². The summed E-state index contributed by atoms with van der Waals surface area (Å²) in [6, 6.07) is 2.18. The van der Waals surface area contributed by atoms with Gasteiger partial charge in [0.2, 0.25) is 10.0 Å². The van der Waals surface area contributed by atoms with E-state index in [0.29, 0.717) is 24.9 Å². The molecule has 21 heavy (non-hydrogen) atoms. The van der Waals surface area contributed by atoms with E-state index in [1.165, 1.54) is 12.8 Å². The van der Waals surface area contributed by atoms with E-state index in [2.05, 4.69) is 37.8 Å². The number of nitrogens with zero attached hydrogens (tertiary/aromatic N) is 1. The second-order valence-electron chi connectivity index (χ2n) is 5.14. The fourth-order valence-corrected chi connectivity index (χ4v) is 4.30. The lowest BCUT2D eigenvalue weighted by Gasteiger charge is -2.19. The Balaban J connectivity index is 1.94. The maximum absolute atomic E-state index is 12.3. The van der Waals surface area contributed by atoms with Gasteiger partial charge in [-0.1, -0.05) is 6.92 Å². The maximum atomic E-state index is 12.3. The summed E-state index contributed by atoms with van der Waals surface area (Å²) in [5.41, 5.74) is 0. The molecule has 0 amide bonds. The molecular weight excluding hydrogens is 358 g/mol.